The van der Waals surface area contributed by atoms with Gasteiger partial charge in [-0.1, -0.05) is 31.5 Å². The molecule has 26 heavy (non-hydrogen) atoms. The van der Waals surface area contributed by atoms with Crippen molar-refractivity contribution in [3.63, 3.8) is 0 Å². The topological polar surface area (TPSA) is 109 Å². The fraction of sp³-hybridized carbons (Fsp3) is 0.222. The van der Waals surface area contributed by atoms with Crippen LogP contribution in [0.2, 0.25) is 0 Å². The summed E-state index contributed by atoms with van der Waals surface area (Å²) in [5.41, 5.74) is 5.73. The van der Waals surface area contributed by atoms with Crippen LogP contribution in [0.25, 0.3) is 10.9 Å². The molecule has 0 radical (unpaired) electrons. The Morgan fingerprint density at radius 3 is 2.69 bits per heavy atom. The van der Waals surface area contributed by atoms with Crippen LogP contribution in [-0.2, 0) is 6.54 Å². The predicted molar refractivity (Wildman–Crippen MR) is 96.6 cm³/mol. The molecule has 134 valence electrons. The average molecular weight is 353 g/mol. The molecule has 0 aliphatic heterocycles. The van der Waals surface area contributed by atoms with Gasteiger partial charge in [-0.05, 0) is 18.6 Å². The number of amides is 2. The second-order valence-electron chi connectivity index (χ2n) is 5.79. The first-order valence-corrected chi connectivity index (χ1v) is 8.35. The molecule has 0 unspecified atom stereocenters. The van der Waals surface area contributed by atoms with Gasteiger partial charge < -0.3 is 4.98 Å². The highest BCUT2D eigenvalue weighted by atomic mass is 16.2. The van der Waals surface area contributed by atoms with Crippen molar-refractivity contribution in [3.05, 3.63) is 64.2 Å². The second kappa shape index (κ2) is 7.64. The monoisotopic (exact) mass is 353 g/mol. The lowest BCUT2D eigenvalue weighted by Gasteiger charge is -2.08. The smallest absolute Gasteiger partial charge is 0.290 e. The Bertz CT molecular complexity index is 1010. The maximum Gasteiger partial charge on any atom is 0.290 e. The summed E-state index contributed by atoms with van der Waals surface area (Å²) in [7, 11) is 0. The lowest BCUT2D eigenvalue weighted by atomic mass is 10.2. The number of aromatic nitrogens is 3. The third kappa shape index (κ3) is 3.64. The Morgan fingerprint density at radius 1 is 1.12 bits per heavy atom. The number of hydrogen-bond acceptors (Lipinski definition) is 4. The standard InChI is InChI=1S/C18H19N5O3/c1-2-3-10-23-16(24)9-8-15(22-23)18(26)21-20-17(25)13-11-19-14-7-5-4-6-12(13)14/h4-9,11,19H,2-3,10H2,1H3,(H,20,25)(H,21,26). The van der Waals surface area contributed by atoms with E-state index in [2.05, 4.69) is 20.9 Å². The van der Waals surface area contributed by atoms with Crippen LogP contribution in [0.3, 0.4) is 0 Å². The Morgan fingerprint density at radius 2 is 1.88 bits per heavy atom. The van der Waals surface area contributed by atoms with Crippen molar-refractivity contribution in [1.29, 1.82) is 0 Å². The highest BCUT2D eigenvalue weighted by molar-refractivity contribution is 6.07. The van der Waals surface area contributed by atoms with Crippen molar-refractivity contribution in [3.8, 4) is 0 Å². The summed E-state index contributed by atoms with van der Waals surface area (Å²) in [6.45, 7) is 2.44. The number of aromatic amines is 1. The van der Waals surface area contributed by atoms with Gasteiger partial charge in [-0.15, -0.1) is 0 Å². The van der Waals surface area contributed by atoms with E-state index in [-0.39, 0.29) is 11.3 Å². The minimum atomic E-state index is -0.594. The van der Waals surface area contributed by atoms with E-state index in [1.807, 2.05) is 31.2 Å². The first-order valence-electron chi connectivity index (χ1n) is 8.35. The summed E-state index contributed by atoms with van der Waals surface area (Å²) in [5, 5.41) is 4.79. The number of rotatable bonds is 5. The summed E-state index contributed by atoms with van der Waals surface area (Å²) >= 11 is 0. The maximum atomic E-state index is 12.3. The molecule has 3 rings (SSSR count). The number of hydrogen-bond donors (Lipinski definition) is 3. The Hall–Kier alpha value is -3.42. The second-order valence-corrected chi connectivity index (χ2v) is 5.79. The predicted octanol–water partition coefficient (Wildman–Crippen LogP) is 1.60. The number of aryl methyl sites for hydroxylation is 1. The number of nitrogens with zero attached hydrogens (tertiary/aromatic N) is 2. The summed E-state index contributed by atoms with van der Waals surface area (Å²) in [6.07, 6.45) is 3.27. The number of H-pyrrole nitrogens is 1. The number of nitrogens with one attached hydrogen (secondary N) is 3. The van der Waals surface area contributed by atoms with E-state index >= 15 is 0 Å². The van der Waals surface area contributed by atoms with Crippen LogP contribution in [0.1, 0.15) is 40.6 Å². The summed E-state index contributed by atoms with van der Waals surface area (Å²) in [5.74, 6) is -1.04. The van der Waals surface area contributed by atoms with Gasteiger partial charge in [0.25, 0.3) is 17.4 Å². The molecule has 2 aromatic heterocycles. The summed E-state index contributed by atoms with van der Waals surface area (Å²) < 4.78 is 1.25. The molecule has 0 aliphatic rings. The Labute approximate surface area is 149 Å². The molecular formula is C18H19N5O3. The molecule has 0 saturated carbocycles. The van der Waals surface area contributed by atoms with Crippen molar-refractivity contribution in [2.45, 2.75) is 26.3 Å². The quantitative estimate of drug-likeness (QED) is 0.605. The minimum Gasteiger partial charge on any atom is -0.360 e. The van der Waals surface area contributed by atoms with E-state index in [0.29, 0.717) is 12.1 Å². The van der Waals surface area contributed by atoms with Gasteiger partial charge in [-0.25, -0.2) is 4.68 Å². The van der Waals surface area contributed by atoms with Crippen LogP contribution in [0.15, 0.2) is 47.4 Å². The van der Waals surface area contributed by atoms with Gasteiger partial charge in [0.2, 0.25) is 0 Å². The van der Waals surface area contributed by atoms with Crippen LogP contribution in [-0.4, -0.2) is 26.6 Å². The maximum absolute atomic E-state index is 12.3. The molecule has 2 heterocycles. The highest BCUT2D eigenvalue weighted by Gasteiger charge is 2.14. The highest BCUT2D eigenvalue weighted by Crippen LogP contribution is 2.17. The van der Waals surface area contributed by atoms with E-state index in [0.717, 1.165) is 23.7 Å². The molecule has 0 bridgehead atoms. The van der Waals surface area contributed by atoms with E-state index in [1.54, 1.807) is 6.20 Å². The van der Waals surface area contributed by atoms with E-state index in [9.17, 15) is 14.4 Å². The molecule has 0 saturated heterocycles. The van der Waals surface area contributed by atoms with Gasteiger partial charge in [-0.3, -0.25) is 25.2 Å². The van der Waals surface area contributed by atoms with E-state index in [4.69, 9.17) is 0 Å². The third-order valence-corrected chi connectivity index (χ3v) is 3.95. The van der Waals surface area contributed by atoms with Crippen LogP contribution >= 0.6 is 0 Å². The Kier molecular flexibility index (Phi) is 5.12. The molecule has 0 atom stereocenters. The molecule has 3 N–H and O–H groups in total. The van der Waals surface area contributed by atoms with Crippen LogP contribution in [0.4, 0.5) is 0 Å². The average Bonchev–Trinajstić information content (AvgIpc) is 3.09. The number of unbranched alkanes of at least 4 members (excludes halogenated alkanes) is 1. The fourth-order valence-electron chi connectivity index (χ4n) is 2.54. The largest absolute Gasteiger partial charge is 0.360 e. The first kappa shape index (κ1) is 17.4. The van der Waals surface area contributed by atoms with Gasteiger partial charge in [0.05, 0.1) is 5.56 Å². The van der Waals surface area contributed by atoms with Crippen LogP contribution in [0, 0.1) is 0 Å². The summed E-state index contributed by atoms with van der Waals surface area (Å²) in [4.78, 5) is 39.2. The van der Waals surface area contributed by atoms with E-state index in [1.165, 1.54) is 16.8 Å². The van der Waals surface area contributed by atoms with Crippen molar-refractivity contribution in [2.24, 2.45) is 0 Å². The van der Waals surface area contributed by atoms with Gasteiger partial charge in [0, 0.05) is 29.7 Å². The zero-order chi connectivity index (χ0) is 18.5. The van der Waals surface area contributed by atoms with Gasteiger partial charge >= 0.3 is 0 Å². The number of hydrazine groups is 1. The molecule has 0 aliphatic carbocycles. The number of fused-ring (bicyclic) bond motifs is 1. The number of benzene rings is 1. The number of carbonyl (C=O) groups excluding carboxylic acids is 2. The molecule has 1 aromatic carbocycles. The molecule has 3 aromatic rings. The van der Waals surface area contributed by atoms with Crippen LogP contribution < -0.4 is 16.4 Å². The number of carbonyl (C=O) groups is 2. The summed E-state index contributed by atoms with van der Waals surface area (Å²) in [6, 6.07) is 9.98. The first-order chi connectivity index (χ1) is 12.6. The fourth-order valence-corrected chi connectivity index (χ4v) is 2.54. The molecule has 8 heteroatoms. The zero-order valence-electron chi connectivity index (χ0n) is 14.3. The van der Waals surface area contributed by atoms with E-state index < -0.39 is 11.8 Å². The Balaban J connectivity index is 1.68. The minimum absolute atomic E-state index is 0.0555. The van der Waals surface area contributed by atoms with Gasteiger partial charge in [0.1, 0.15) is 0 Å². The lowest BCUT2D eigenvalue weighted by molar-refractivity contribution is 0.0843. The normalized spacial score (nSPS) is 10.7. The van der Waals surface area contributed by atoms with Crippen molar-refractivity contribution >= 4 is 22.7 Å². The third-order valence-electron chi connectivity index (χ3n) is 3.95. The van der Waals surface area contributed by atoms with Crippen molar-refractivity contribution in [2.75, 3.05) is 0 Å². The zero-order valence-corrected chi connectivity index (χ0v) is 14.3. The molecule has 2 amide bonds. The van der Waals surface area contributed by atoms with Crippen LogP contribution in [0.5, 0.6) is 0 Å². The lowest BCUT2D eigenvalue weighted by Crippen LogP contribution is -2.42. The van der Waals surface area contributed by atoms with Gasteiger partial charge in [-0.2, -0.15) is 5.10 Å². The molecular weight excluding hydrogens is 334 g/mol. The molecule has 0 spiro atoms. The molecule has 0 fully saturated rings. The number of para-hydroxylation sites is 1. The molecule has 8 nitrogen and oxygen atoms in total. The van der Waals surface area contributed by atoms with Crippen molar-refractivity contribution in [1.82, 2.24) is 25.6 Å². The van der Waals surface area contributed by atoms with Gasteiger partial charge in [0.15, 0.2) is 5.69 Å². The SMILES string of the molecule is CCCCn1nc(C(=O)NNC(=O)c2c[nH]c3ccccc23)ccc1=O. The van der Waals surface area contributed by atoms with Crippen molar-refractivity contribution < 1.29 is 9.59 Å².